The molecule has 0 radical (unpaired) electrons. The maximum Gasteiger partial charge on any atom is 0.343 e. The molecular weight excluding hydrogens is 456 g/mol. The highest BCUT2D eigenvalue weighted by atomic mass is 16.5. The fourth-order valence-corrected chi connectivity index (χ4v) is 3.36. The summed E-state index contributed by atoms with van der Waals surface area (Å²) in [7, 11) is 0. The summed E-state index contributed by atoms with van der Waals surface area (Å²) in [4.78, 5) is 29.5. The molecule has 0 unspecified atom stereocenters. The number of nitrogens with two attached hydrogens (primary N) is 1. The van der Waals surface area contributed by atoms with Crippen molar-refractivity contribution >= 4 is 23.8 Å². The molecule has 0 bridgehead atoms. The lowest BCUT2D eigenvalue weighted by Gasteiger charge is -2.19. The number of amides is 1. The molecule has 1 heterocycles. The van der Waals surface area contributed by atoms with E-state index in [1.54, 1.807) is 79.0 Å². The predicted octanol–water partition coefficient (Wildman–Crippen LogP) is 4.59. The molecule has 0 atom stereocenters. The number of hydrazine groups is 1. The third-order valence-electron chi connectivity index (χ3n) is 5.11. The first-order valence-corrected chi connectivity index (χ1v) is 11.1. The van der Waals surface area contributed by atoms with Crippen LogP contribution in [0.5, 0.6) is 11.5 Å². The van der Waals surface area contributed by atoms with Crippen molar-refractivity contribution < 1.29 is 19.1 Å². The molecule has 4 rings (SSSR count). The predicted molar refractivity (Wildman–Crippen MR) is 138 cm³/mol. The molecule has 0 aliphatic carbocycles. The molecule has 3 aromatic rings. The summed E-state index contributed by atoms with van der Waals surface area (Å²) in [6.45, 7) is 3.90. The number of esters is 1. The van der Waals surface area contributed by atoms with Gasteiger partial charge in [0.05, 0.1) is 16.8 Å². The van der Waals surface area contributed by atoms with Crippen LogP contribution in [-0.2, 0) is 11.4 Å². The normalized spacial score (nSPS) is 13.6. The van der Waals surface area contributed by atoms with Crippen LogP contribution in [0, 0.1) is 0 Å². The van der Waals surface area contributed by atoms with Crippen LogP contribution in [0.4, 0.5) is 5.69 Å². The summed E-state index contributed by atoms with van der Waals surface area (Å²) in [6.07, 6.45) is 6.18. The van der Waals surface area contributed by atoms with Crippen molar-refractivity contribution in [3.05, 3.63) is 126 Å². The molecular formula is C28H24N4O4. The fourth-order valence-electron chi connectivity index (χ4n) is 3.36. The maximum atomic E-state index is 13.0. The van der Waals surface area contributed by atoms with Gasteiger partial charge in [-0.25, -0.2) is 15.6 Å². The number of anilines is 1. The number of nitrogens with zero attached hydrogens (tertiary/aromatic N) is 2. The molecule has 36 heavy (non-hydrogen) atoms. The van der Waals surface area contributed by atoms with E-state index in [0.29, 0.717) is 22.7 Å². The zero-order chi connectivity index (χ0) is 25.3. The molecule has 3 aromatic carbocycles. The fraction of sp³-hybridized carbons (Fsp3) is 0.0357. The second-order valence-corrected chi connectivity index (χ2v) is 7.61. The minimum absolute atomic E-state index is 0.185. The number of carbonyl (C=O) groups excluding carboxylic acids is 2. The van der Waals surface area contributed by atoms with Crippen molar-refractivity contribution in [2.45, 2.75) is 6.61 Å². The highest BCUT2D eigenvalue weighted by Gasteiger charge is 2.18. The minimum atomic E-state index is -0.442. The third-order valence-corrected chi connectivity index (χ3v) is 5.11. The van der Waals surface area contributed by atoms with E-state index in [9.17, 15) is 9.59 Å². The van der Waals surface area contributed by atoms with Gasteiger partial charge in [-0.3, -0.25) is 9.80 Å². The number of hydrogen-bond acceptors (Lipinski definition) is 7. The van der Waals surface area contributed by atoms with Crippen LogP contribution < -0.4 is 20.6 Å². The van der Waals surface area contributed by atoms with Gasteiger partial charge in [0.2, 0.25) is 0 Å². The van der Waals surface area contributed by atoms with Crippen LogP contribution in [0.25, 0.3) is 0 Å². The molecule has 0 saturated carbocycles. The van der Waals surface area contributed by atoms with Gasteiger partial charge >= 0.3 is 5.97 Å². The highest BCUT2D eigenvalue weighted by Crippen LogP contribution is 2.27. The Bertz CT molecular complexity index is 1360. The second kappa shape index (κ2) is 11.5. The van der Waals surface area contributed by atoms with Crippen molar-refractivity contribution in [2.75, 3.05) is 5.32 Å². The van der Waals surface area contributed by atoms with Crippen LogP contribution in [0.3, 0.4) is 0 Å². The largest absolute Gasteiger partial charge is 0.487 e. The molecule has 180 valence electrons. The van der Waals surface area contributed by atoms with Crippen molar-refractivity contribution in [1.29, 1.82) is 0 Å². The Morgan fingerprint density at radius 3 is 2.58 bits per heavy atom. The number of hydrogen-bond donors (Lipinski definition) is 2. The van der Waals surface area contributed by atoms with Crippen molar-refractivity contribution in [3.63, 3.8) is 0 Å². The standard InChI is InChI=1S/C28H24N4O4/c1-2-23(26-30-16-9-17-32(26)29)27(33)31-24-14-6-7-15-25(24)35-19-20-10-8-13-22(18-20)36-28(34)21-11-4-3-5-12-21/h2-18H,1,19,29H2,(H,31,33)/b26-23+. The lowest BCUT2D eigenvalue weighted by Crippen LogP contribution is -2.29. The van der Waals surface area contributed by atoms with Gasteiger partial charge in [-0.05, 0) is 48.0 Å². The number of carbonyl (C=O) groups is 2. The van der Waals surface area contributed by atoms with Crippen molar-refractivity contribution in [1.82, 2.24) is 5.01 Å². The lowest BCUT2D eigenvalue weighted by molar-refractivity contribution is -0.112. The lowest BCUT2D eigenvalue weighted by atomic mass is 10.2. The van der Waals surface area contributed by atoms with E-state index in [4.69, 9.17) is 15.3 Å². The van der Waals surface area contributed by atoms with Gasteiger partial charge in [-0.2, -0.15) is 0 Å². The van der Waals surface area contributed by atoms with E-state index in [1.807, 2.05) is 12.1 Å². The van der Waals surface area contributed by atoms with Crippen LogP contribution >= 0.6 is 0 Å². The number of aliphatic imine (C=N–C) groups is 1. The van der Waals surface area contributed by atoms with E-state index < -0.39 is 11.9 Å². The minimum Gasteiger partial charge on any atom is -0.487 e. The SMILES string of the molecule is C=C/C(C(=O)Nc1ccccc1OCc1cccc(OC(=O)c2ccccc2)c1)=C1/N=CC=CN1N. The second-order valence-electron chi connectivity index (χ2n) is 7.61. The van der Waals surface area contributed by atoms with E-state index >= 15 is 0 Å². The molecule has 0 saturated heterocycles. The average molecular weight is 481 g/mol. The number of para-hydroxylation sites is 2. The number of rotatable bonds is 8. The van der Waals surface area contributed by atoms with Gasteiger partial charge < -0.3 is 14.8 Å². The number of allylic oxidation sites excluding steroid dienone is 1. The van der Waals surface area contributed by atoms with Crippen molar-refractivity contribution in [2.24, 2.45) is 10.8 Å². The molecule has 3 N–H and O–H groups in total. The highest BCUT2D eigenvalue weighted by molar-refractivity contribution is 6.07. The quantitative estimate of drug-likeness (QED) is 0.211. The molecule has 0 spiro atoms. The first kappa shape index (κ1) is 24.2. The summed E-state index contributed by atoms with van der Waals surface area (Å²) in [6, 6.07) is 22.9. The third kappa shape index (κ3) is 5.94. The Labute approximate surface area is 208 Å². The number of ether oxygens (including phenoxy) is 2. The summed E-state index contributed by atoms with van der Waals surface area (Å²) >= 11 is 0. The zero-order valence-corrected chi connectivity index (χ0v) is 19.3. The molecule has 1 aliphatic heterocycles. The van der Waals surface area contributed by atoms with Crippen LogP contribution in [0.15, 0.2) is 120 Å². The van der Waals surface area contributed by atoms with E-state index in [1.165, 1.54) is 17.3 Å². The number of benzene rings is 3. The van der Waals surface area contributed by atoms with E-state index in [-0.39, 0.29) is 18.0 Å². The molecule has 8 nitrogen and oxygen atoms in total. The Morgan fingerprint density at radius 1 is 1.03 bits per heavy atom. The monoisotopic (exact) mass is 480 g/mol. The Kier molecular flexibility index (Phi) is 7.70. The molecule has 0 aromatic heterocycles. The summed E-state index contributed by atoms with van der Waals surface area (Å²) in [5, 5.41) is 4.08. The number of nitrogens with one attached hydrogen (secondary N) is 1. The zero-order valence-electron chi connectivity index (χ0n) is 19.3. The van der Waals surface area contributed by atoms with Crippen LogP contribution in [-0.4, -0.2) is 23.1 Å². The van der Waals surface area contributed by atoms with Gasteiger partial charge in [-0.15, -0.1) is 0 Å². The summed E-state index contributed by atoms with van der Waals surface area (Å²) < 4.78 is 11.5. The first-order valence-electron chi connectivity index (χ1n) is 11.1. The van der Waals surface area contributed by atoms with E-state index in [0.717, 1.165) is 5.56 Å². The van der Waals surface area contributed by atoms with Gasteiger partial charge in [0.1, 0.15) is 18.1 Å². The summed E-state index contributed by atoms with van der Waals surface area (Å²) in [5.41, 5.74) is 1.92. The smallest absolute Gasteiger partial charge is 0.343 e. The molecule has 8 heteroatoms. The topological polar surface area (TPSA) is 106 Å². The maximum absolute atomic E-state index is 13.0. The first-order chi connectivity index (χ1) is 17.5. The average Bonchev–Trinajstić information content (AvgIpc) is 2.90. The summed E-state index contributed by atoms with van der Waals surface area (Å²) in [5.74, 6) is 6.15. The van der Waals surface area contributed by atoms with Gasteiger partial charge in [0, 0.05) is 12.4 Å². The van der Waals surface area contributed by atoms with Gasteiger partial charge in [-0.1, -0.05) is 55.1 Å². The Balaban J connectivity index is 1.44. The van der Waals surface area contributed by atoms with Crippen LogP contribution in [0.2, 0.25) is 0 Å². The Hall–Kier alpha value is -4.95. The Morgan fingerprint density at radius 2 is 1.81 bits per heavy atom. The van der Waals surface area contributed by atoms with E-state index in [2.05, 4.69) is 16.9 Å². The van der Waals surface area contributed by atoms with Crippen molar-refractivity contribution in [3.8, 4) is 11.5 Å². The molecule has 0 fully saturated rings. The molecule has 1 aliphatic rings. The molecule has 1 amide bonds. The van der Waals surface area contributed by atoms with Crippen LogP contribution in [0.1, 0.15) is 15.9 Å². The van der Waals surface area contributed by atoms with Gasteiger partial charge in [0.15, 0.2) is 5.82 Å². The van der Waals surface area contributed by atoms with Gasteiger partial charge in [0.25, 0.3) is 5.91 Å².